The zero-order valence-electron chi connectivity index (χ0n) is 16.9. The van der Waals surface area contributed by atoms with E-state index in [9.17, 15) is 5.26 Å². The second-order valence-corrected chi connectivity index (χ2v) is 8.13. The van der Waals surface area contributed by atoms with E-state index >= 15 is 0 Å². The molecule has 0 aliphatic rings. The Morgan fingerprint density at radius 2 is 1.58 bits per heavy atom. The fourth-order valence-electron chi connectivity index (χ4n) is 3.34. The van der Waals surface area contributed by atoms with Crippen LogP contribution in [0.4, 0.5) is 0 Å². The normalized spacial score (nSPS) is 11.4. The monoisotopic (exact) mass is 443 g/mol. The largest absolute Gasteiger partial charge is 0.486 e. The van der Waals surface area contributed by atoms with E-state index < -0.39 is 0 Å². The van der Waals surface area contributed by atoms with E-state index in [0.717, 1.165) is 27.5 Å². The summed E-state index contributed by atoms with van der Waals surface area (Å²) >= 11 is 12.9. The summed E-state index contributed by atoms with van der Waals surface area (Å²) in [5, 5.41) is 12.7. The minimum absolute atomic E-state index is 0.370. The highest BCUT2D eigenvalue weighted by Crippen LogP contribution is 2.36. The molecule has 0 saturated heterocycles. The molecule has 0 fully saturated rings. The lowest BCUT2D eigenvalue weighted by molar-refractivity contribution is 0.306. The van der Waals surface area contributed by atoms with Crippen LogP contribution in [-0.2, 0) is 6.61 Å². The molecule has 0 unspecified atom stereocenters. The Labute approximate surface area is 191 Å². The minimum atomic E-state index is 0.370. The number of halogens is 2. The number of benzene rings is 4. The first kappa shape index (κ1) is 21.0. The number of rotatable bonds is 5. The van der Waals surface area contributed by atoms with Crippen molar-refractivity contribution in [2.45, 2.75) is 13.5 Å². The van der Waals surface area contributed by atoms with Gasteiger partial charge in [-0.15, -0.1) is 0 Å². The van der Waals surface area contributed by atoms with Crippen LogP contribution in [0, 0.1) is 18.3 Å². The van der Waals surface area contributed by atoms with Crippen LogP contribution < -0.4 is 4.74 Å². The van der Waals surface area contributed by atoms with E-state index in [2.05, 4.69) is 6.07 Å². The Kier molecular flexibility index (Phi) is 6.28. The molecule has 4 aromatic rings. The molecule has 152 valence electrons. The Hall–Kier alpha value is -3.25. The third-order valence-electron chi connectivity index (χ3n) is 5.02. The van der Waals surface area contributed by atoms with Gasteiger partial charge in [-0.1, -0.05) is 89.4 Å². The lowest BCUT2D eigenvalue weighted by Gasteiger charge is -2.11. The molecule has 4 rings (SSSR count). The van der Waals surface area contributed by atoms with Crippen molar-refractivity contribution in [2.24, 2.45) is 0 Å². The van der Waals surface area contributed by atoms with Gasteiger partial charge in [-0.3, -0.25) is 0 Å². The zero-order valence-corrected chi connectivity index (χ0v) is 18.4. The number of nitriles is 1. The Morgan fingerprint density at radius 1 is 0.903 bits per heavy atom. The second-order valence-electron chi connectivity index (χ2n) is 7.32. The van der Waals surface area contributed by atoms with Crippen LogP contribution in [0.25, 0.3) is 22.4 Å². The molecule has 0 aliphatic carbocycles. The van der Waals surface area contributed by atoms with Crippen molar-refractivity contribution in [1.29, 1.82) is 5.26 Å². The molecule has 0 heterocycles. The van der Waals surface area contributed by atoms with Gasteiger partial charge in [0.25, 0.3) is 0 Å². The summed E-state index contributed by atoms with van der Waals surface area (Å²) < 4.78 is 5.86. The zero-order chi connectivity index (χ0) is 21.8. The first-order chi connectivity index (χ1) is 15.0. The summed E-state index contributed by atoms with van der Waals surface area (Å²) in [6.45, 7) is 2.41. The van der Waals surface area contributed by atoms with Gasteiger partial charge in [-0.2, -0.15) is 5.26 Å². The number of allylic oxidation sites excluding steroid dienone is 1. The first-order valence-electron chi connectivity index (χ1n) is 9.82. The molecule has 0 atom stereocenters. The summed E-state index contributed by atoms with van der Waals surface area (Å²) in [5.41, 5.74) is 4.34. The molecule has 0 radical (unpaired) electrons. The summed E-state index contributed by atoms with van der Waals surface area (Å²) in [4.78, 5) is 0. The Morgan fingerprint density at radius 3 is 2.26 bits per heavy atom. The molecule has 0 amide bonds. The molecule has 0 spiro atoms. The predicted molar refractivity (Wildman–Crippen MR) is 129 cm³/mol. The van der Waals surface area contributed by atoms with E-state index in [4.69, 9.17) is 27.9 Å². The predicted octanol–water partition coefficient (Wildman–Crippen LogP) is 8.10. The van der Waals surface area contributed by atoms with E-state index in [1.54, 1.807) is 18.2 Å². The maximum absolute atomic E-state index is 9.73. The van der Waals surface area contributed by atoms with Crippen LogP contribution >= 0.6 is 23.2 Å². The number of fused-ring (bicyclic) bond motifs is 1. The Balaban J connectivity index is 1.60. The molecule has 0 saturated carbocycles. The molecule has 0 aliphatic heterocycles. The maximum Gasteiger partial charge on any atom is 0.157 e. The van der Waals surface area contributed by atoms with Gasteiger partial charge >= 0.3 is 0 Å². The molecule has 4 heteroatoms. The highest BCUT2D eigenvalue weighted by molar-refractivity contribution is 6.37. The number of ether oxygens (including phenoxy) is 1. The van der Waals surface area contributed by atoms with Crippen LogP contribution in [0.15, 0.2) is 78.9 Å². The number of hydrogen-bond acceptors (Lipinski definition) is 2. The van der Waals surface area contributed by atoms with Gasteiger partial charge in [0.15, 0.2) is 5.75 Å². The molecule has 0 N–H and O–H groups in total. The van der Waals surface area contributed by atoms with E-state index in [1.165, 1.54) is 5.56 Å². The average Bonchev–Trinajstić information content (AvgIpc) is 2.78. The van der Waals surface area contributed by atoms with Crippen molar-refractivity contribution in [3.05, 3.63) is 111 Å². The van der Waals surface area contributed by atoms with Crippen LogP contribution in [0.5, 0.6) is 5.75 Å². The lowest BCUT2D eigenvalue weighted by Crippen LogP contribution is -1.97. The lowest BCUT2D eigenvalue weighted by atomic mass is 10.00. The molecular weight excluding hydrogens is 425 g/mol. The van der Waals surface area contributed by atoms with Crippen molar-refractivity contribution in [3.63, 3.8) is 0 Å². The van der Waals surface area contributed by atoms with Gasteiger partial charge in [0.2, 0.25) is 0 Å². The highest BCUT2D eigenvalue weighted by Gasteiger charge is 2.11. The highest BCUT2D eigenvalue weighted by atomic mass is 35.5. The molecule has 0 bridgehead atoms. The topological polar surface area (TPSA) is 33.0 Å². The number of aryl methyl sites for hydroxylation is 1. The maximum atomic E-state index is 9.73. The van der Waals surface area contributed by atoms with E-state index in [0.29, 0.717) is 28.0 Å². The van der Waals surface area contributed by atoms with Crippen molar-refractivity contribution >= 4 is 45.6 Å². The molecule has 0 aromatic heterocycles. The summed E-state index contributed by atoms with van der Waals surface area (Å²) in [7, 11) is 0. The van der Waals surface area contributed by atoms with Crippen molar-refractivity contribution < 1.29 is 4.74 Å². The van der Waals surface area contributed by atoms with Crippen LogP contribution in [0.3, 0.4) is 0 Å². The Bertz CT molecular complexity index is 1290. The van der Waals surface area contributed by atoms with Crippen LogP contribution in [0.1, 0.15) is 22.3 Å². The molecule has 4 aromatic carbocycles. The van der Waals surface area contributed by atoms with Gasteiger partial charge in [0, 0.05) is 0 Å². The quantitative estimate of drug-likeness (QED) is 0.230. The van der Waals surface area contributed by atoms with Crippen LogP contribution in [0.2, 0.25) is 10.0 Å². The second kappa shape index (κ2) is 9.27. The molecular formula is C27H19Cl2NO. The van der Waals surface area contributed by atoms with Gasteiger partial charge in [-0.05, 0) is 58.7 Å². The van der Waals surface area contributed by atoms with Crippen molar-refractivity contribution in [3.8, 4) is 11.8 Å². The number of nitrogens with zero attached hydrogens (tertiary/aromatic N) is 1. The fraction of sp³-hybridized carbons (Fsp3) is 0.0741. The van der Waals surface area contributed by atoms with Crippen molar-refractivity contribution in [2.75, 3.05) is 0 Å². The summed E-state index contributed by atoms with van der Waals surface area (Å²) in [5.74, 6) is 0.435. The average molecular weight is 444 g/mol. The van der Waals surface area contributed by atoms with Gasteiger partial charge in [0.1, 0.15) is 6.61 Å². The van der Waals surface area contributed by atoms with Crippen LogP contribution in [-0.4, -0.2) is 0 Å². The molecule has 2 nitrogen and oxygen atoms in total. The number of hydrogen-bond donors (Lipinski definition) is 0. The minimum Gasteiger partial charge on any atom is -0.486 e. The van der Waals surface area contributed by atoms with Crippen molar-refractivity contribution in [1.82, 2.24) is 0 Å². The van der Waals surface area contributed by atoms with Gasteiger partial charge in [-0.25, -0.2) is 0 Å². The molecule has 31 heavy (non-hydrogen) atoms. The summed E-state index contributed by atoms with van der Waals surface area (Å²) in [6, 6.07) is 27.9. The third-order valence-corrected chi connectivity index (χ3v) is 5.58. The fourth-order valence-corrected chi connectivity index (χ4v) is 3.96. The third kappa shape index (κ3) is 4.91. The van der Waals surface area contributed by atoms with E-state index in [1.807, 2.05) is 73.7 Å². The van der Waals surface area contributed by atoms with Gasteiger partial charge < -0.3 is 4.74 Å². The first-order valence-corrected chi connectivity index (χ1v) is 10.6. The smallest absolute Gasteiger partial charge is 0.157 e. The SMILES string of the molecule is Cc1ccc(COc2c(Cl)cc(C=C(C#N)c3ccc4ccccc4c3)cc2Cl)cc1. The summed E-state index contributed by atoms with van der Waals surface area (Å²) in [6.07, 6.45) is 1.78. The van der Waals surface area contributed by atoms with Gasteiger partial charge in [0.05, 0.1) is 21.7 Å². The standard InChI is InChI=1S/C27H19Cl2NO/c1-18-6-8-19(9-7-18)17-31-27-25(28)13-20(14-26(27)29)12-24(16-30)23-11-10-21-4-2-3-5-22(21)15-23/h2-15H,17H2,1H3. The van der Waals surface area contributed by atoms with E-state index in [-0.39, 0.29) is 0 Å².